The van der Waals surface area contributed by atoms with Crippen molar-refractivity contribution in [3.63, 3.8) is 0 Å². The van der Waals surface area contributed by atoms with E-state index in [4.69, 9.17) is 11.6 Å². The van der Waals surface area contributed by atoms with Crippen molar-refractivity contribution in [2.24, 2.45) is 0 Å². The molecule has 12 rings (SSSR count). The molecule has 0 radical (unpaired) electrons. The minimum atomic E-state index is 0.406. The van der Waals surface area contributed by atoms with Crippen molar-refractivity contribution in [1.29, 1.82) is 5.26 Å². The van der Waals surface area contributed by atoms with Gasteiger partial charge in [0.1, 0.15) is 6.07 Å². The van der Waals surface area contributed by atoms with Gasteiger partial charge in [-0.05, 0) is 45.7 Å². The van der Waals surface area contributed by atoms with E-state index in [0.29, 0.717) is 22.5 Å². The van der Waals surface area contributed by atoms with Gasteiger partial charge in [-0.1, -0.05) is 164 Å². The lowest BCUT2D eigenvalue weighted by Crippen LogP contribution is -2.09. The van der Waals surface area contributed by atoms with Gasteiger partial charge in [-0.25, -0.2) is 4.85 Å². The summed E-state index contributed by atoms with van der Waals surface area (Å²) in [5.74, 6) is 0. The molecule has 5 heteroatoms. The van der Waals surface area contributed by atoms with Crippen LogP contribution in [0.25, 0.3) is 115 Å². The Bertz CT molecular complexity index is 3680. The number of nitriles is 1. The third-order valence-corrected chi connectivity index (χ3v) is 12.2. The summed E-state index contributed by atoms with van der Waals surface area (Å²) in [6, 6.07) is 65.4. The van der Waals surface area contributed by atoms with Crippen LogP contribution in [0, 0.1) is 17.9 Å². The van der Waals surface area contributed by atoms with Gasteiger partial charge in [0.25, 0.3) is 0 Å². The van der Waals surface area contributed by atoms with Crippen LogP contribution in [0.1, 0.15) is 5.56 Å². The average Bonchev–Trinajstić information content (AvgIpc) is 3.84. The molecule has 5 nitrogen and oxygen atoms in total. The fourth-order valence-electron chi connectivity index (χ4n) is 9.83. The van der Waals surface area contributed by atoms with Crippen molar-refractivity contribution in [3.8, 4) is 50.8 Å². The number of aromatic nitrogens is 3. The summed E-state index contributed by atoms with van der Waals surface area (Å²) >= 11 is 0. The first-order chi connectivity index (χ1) is 29.8. The van der Waals surface area contributed by atoms with Crippen LogP contribution in [0.2, 0.25) is 0 Å². The van der Waals surface area contributed by atoms with E-state index in [-0.39, 0.29) is 0 Å². The lowest BCUT2D eigenvalue weighted by Gasteiger charge is -2.26. The molecule has 12 aromatic rings. The number of pyridine rings is 1. The Morgan fingerprint density at radius 3 is 1.75 bits per heavy atom. The van der Waals surface area contributed by atoms with E-state index in [0.717, 1.165) is 98.8 Å². The zero-order valence-corrected chi connectivity index (χ0v) is 32.1. The molecule has 0 aliphatic carbocycles. The molecule has 0 spiro atoms. The van der Waals surface area contributed by atoms with Crippen molar-refractivity contribution < 1.29 is 0 Å². The van der Waals surface area contributed by atoms with Crippen LogP contribution in [0.3, 0.4) is 0 Å². The van der Waals surface area contributed by atoms with E-state index >= 15 is 0 Å². The number of rotatable bonds is 5. The number of nitrogens with zero attached hydrogens (tertiary/aromatic N) is 5. The van der Waals surface area contributed by atoms with Crippen LogP contribution in [-0.2, 0) is 0 Å². The van der Waals surface area contributed by atoms with Crippen LogP contribution in [0.5, 0.6) is 0 Å². The normalized spacial score (nSPS) is 11.6. The van der Waals surface area contributed by atoms with E-state index in [1.165, 1.54) is 0 Å². The molecule has 0 saturated heterocycles. The second kappa shape index (κ2) is 13.0. The molecule has 60 heavy (non-hydrogen) atoms. The molecule has 0 amide bonds. The Balaban J connectivity index is 1.39. The molecule has 0 N–H and O–H groups in total. The third kappa shape index (κ3) is 4.57. The molecular formula is C55H31N5. The molecule has 9 aromatic carbocycles. The highest BCUT2D eigenvalue weighted by molar-refractivity contribution is 6.33. The van der Waals surface area contributed by atoms with Gasteiger partial charge in [0.2, 0.25) is 5.69 Å². The summed E-state index contributed by atoms with van der Waals surface area (Å²) < 4.78 is 4.59. The highest BCUT2D eigenvalue weighted by Gasteiger charge is 2.32. The Kier molecular flexibility index (Phi) is 7.29. The predicted octanol–water partition coefficient (Wildman–Crippen LogP) is 14.4. The lowest BCUT2D eigenvalue weighted by molar-refractivity contribution is 1.13. The highest BCUT2D eigenvalue weighted by Crippen LogP contribution is 2.53. The fourth-order valence-corrected chi connectivity index (χ4v) is 9.83. The molecule has 0 unspecified atom stereocenters. The standard InChI is InChI=1S/C55H31N5/c1-57-52-47(35-19-7-3-8-20-35)43(33-56)54(60-44-29-14-13-24-39(44)42-28-15-26-37(53(42)60)34-17-5-2-6-18-34)48(36-21-9-4-10-22-36)55(52)59-45-30-16-27-40-38-23-11-12-25-41(38)51-50(49(40)45)46(59)31-32-58-51/h2-32H. The quantitative estimate of drug-likeness (QED) is 0.130. The molecular weight excluding hydrogens is 731 g/mol. The maximum absolute atomic E-state index is 11.7. The Morgan fingerprint density at radius 1 is 0.467 bits per heavy atom. The number of hydrogen-bond acceptors (Lipinski definition) is 2. The minimum absolute atomic E-state index is 0.406. The summed E-state index contributed by atoms with van der Waals surface area (Å²) in [5, 5.41) is 19.4. The maximum Gasteiger partial charge on any atom is 0.220 e. The van der Waals surface area contributed by atoms with Gasteiger partial charge in [0.05, 0.1) is 51.1 Å². The zero-order valence-electron chi connectivity index (χ0n) is 32.1. The van der Waals surface area contributed by atoms with Crippen LogP contribution in [-0.4, -0.2) is 14.1 Å². The molecule has 0 saturated carbocycles. The van der Waals surface area contributed by atoms with E-state index in [1.807, 2.05) is 60.8 Å². The van der Waals surface area contributed by atoms with Crippen molar-refractivity contribution >= 4 is 71.0 Å². The van der Waals surface area contributed by atoms with Crippen molar-refractivity contribution in [2.75, 3.05) is 0 Å². The van der Waals surface area contributed by atoms with E-state index in [9.17, 15) is 5.26 Å². The molecule has 0 aliphatic heterocycles. The van der Waals surface area contributed by atoms with Crippen LogP contribution >= 0.6 is 0 Å². The number of hydrogen-bond donors (Lipinski definition) is 0. The minimum Gasteiger partial charge on any atom is -0.318 e. The second-order valence-electron chi connectivity index (χ2n) is 15.2. The highest BCUT2D eigenvalue weighted by atomic mass is 15.0. The molecule has 0 fully saturated rings. The third-order valence-electron chi connectivity index (χ3n) is 12.2. The number of fused-ring (bicyclic) bond motifs is 6. The Labute approximate surface area is 345 Å². The van der Waals surface area contributed by atoms with Gasteiger partial charge in [-0.15, -0.1) is 0 Å². The van der Waals surface area contributed by atoms with Gasteiger partial charge >= 0.3 is 0 Å². The molecule has 0 aliphatic rings. The Hall–Kier alpha value is -8.51. The predicted molar refractivity (Wildman–Crippen MR) is 246 cm³/mol. The maximum atomic E-state index is 11.7. The first kappa shape index (κ1) is 33.6. The molecule has 3 heterocycles. The largest absolute Gasteiger partial charge is 0.318 e. The van der Waals surface area contributed by atoms with Gasteiger partial charge in [0.15, 0.2) is 0 Å². The van der Waals surface area contributed by atoms with Gasteiger partial charge in [-0.2, -0.15) is 5.26 Å². The van der Waals surface area contributed by atoms with Crippen molar-refractivity contribution in [1.82, 2.24) is 14.1 Å². The summed E-state index contributed by atoms with van der Waals surface area (Å²) in [6.45, 7) is 9.16. The summed E-state index contributed by atoms with van der Waals surface area (Å²) in [7, 11) is 0. The van der Waals surface area contributed by atoms with Crippen LogP contribution in [0.4, 0.5) is 5.69 Å². The Morgan fingerprint density at radius 2 is 1.03 bits per heavy atom. The smallest absolute Gasteiger partial charge is 0.220 e. The zero-order chi connectivity index (χ0) is 39.9. The van der Waals surface area contributed by atoms with Crippen LogP contribution in [0.15, 0.2) is 188 Å². The molecule has 3 aromatic heterocycles. The second-order valence-corrected chi connectivity index (χ2v) is 15.2. The summed E-state index contributed by atoms with van der Waals surface area (Å²) in [6.07, 6.45) is 1.89. The first-order valence-electron chi connectivity index (χ1n) is 20.0. The van der Waals surface area contributed by atoms with Crippen molar-refractivity contribution in [2.45, 2.75) is 0 Å². The number of para-hydroxylation sites is 2. The van der Waals surface area contributed by atoms with E-state index in [2.05, 4.69) is 147 Å². The SMILES string of the molecule is [C-]#[N+]c1c(-c2ccccc2)c(C#N)c(-n2c3ccccc3c3cccc(-c4ccccc4)c32)c(-c2ccccc2)c1-n1c2cccc3c4ccccc4c4nccc1c4c32. The molecule has 276 valence electrons. The molecule has 0 atom stereocenters. The van der Waals surface area contributed by atoms with E-state index in [1.54, 1.807) is 0 Å². The monoisotopic (exact) mass is 761 g/mol. The van der Waals surface area contributed by atoms with E-state index < -0.39 is 0 Å². The fraction of sp³-hybridized carbons (Fsp3) is 0. The summed E-state index contributed by atoms with van der Waals surface area (Å²) in [5.41, 5.74) is 12.3. The van der Waals surface area contributed by atoms with Gasteiger partial charge in [-0.3, -0.25) is 4.98 Å². The average molecular weight is 762 g/mol. The van der Waals surface area contributed by atoms with Gasteiger partial charge in [0, 0.05) is 49.8 Å². The number of benzene rings is 9. The molecule has 0 bridgehead atoms. The topological polar surface area (TPSA) is 50.9 Å². The lowest BCUT2D eigenvalue weighted by atomic mass is 9.88. The van der Waals surface area contributed by atoms with Crippen LogP contribution < -0.4 is 0 Å². The first-order valence-corrected chi connectivity index (χ1v) is 20.0. The summed E-state index contributed by atoms with van der Waals surface area (Å²) in [4.78, 5) is 9.50. The van der Waals surface area contributed by atoms with Crippen molar-refractivity contribution in [3.05, 3.63) is 205 Å². The van der Waals surface area contributed by atoms with Gasteiger partial charge < -0.3 is 9.13 Å².